The number of hydrogen-bond acceptors (Lipinski definition) is 16. The normalized spacial score (nSPS) is 44.1. The number of benzene rings is 1. The summed E-state index contributed by atoms with van der Waals surface area (Å²) in [7, 11) is 6.90. The lowest BCUT2D eigenvalue weighted by Crippen LogP contribution is -2.61. The highest BCUT2D eigenvalue weighted by Gasteiger charge is 2.70. The fourth-order valence-electron chi connectivity index (χ4n) is 10.9. The first-order valence-corrected chi connectivity index (χ1v) is 23.2. The maximum Gasteiger partial charge on any atom is 0.311 e. The van der Waals surface area contributed by atoms with Crippen LogP contribution < -0.4 is 0 Å². The minimum absolute atomic E-state index is 0.0907. The zero-order valence-corrected chi connectivity index (χ0v) is 40.4. The molecule has 17 heteroatoms. The van der Waals surface area contributed by atoms with Gasteiger partial charge in [0, 0.05) is 63.5 Å². The SMILES string of the molecule is CO[C@]1(C)C[C@H](O[C@H]2[C@H](C)[C@@H](O[C@@H]3O[C@H](C)C[C@H](N(C)C)[C@H]3OCCCN3C(=O)c4ccccc4C3=O)[C@@](C)(OC)C[C@@H](C)C(=O)[C@H](C)[C@@H](O)[C@@]3(O)C(C)[C@H]3OC(=O)[C@@H]2C)O[C@@H](C)[C@@H]1O. The average molecular weight is 919 g/mol. The van der Waals surface area contributed by atoms with Gasteiger partial charge in [-0.3, -0.25) is 24.1 Å². The molecule has 4 fully saturated rings. The van der Waals surface area contributed by atoms with Crippen LogP contribution in [0.4, 0.5) is 0 Å². The van der Waals surface area contributed by atoms with Crippen LogP contribution in [-0.4, -0.2) is 174 Å². The zero-order chi connectivity index (χ0) is 48.1. The van der Waals surface area contributed by atoms with Crippen molar-refractivity contribution >= 4 is 23.6 Å². The molecule has 65 heavy (non-hydrogen) atoms. The standard InChI is InChI=1S/C48H74N2O15/c1-24-22-47(9,59-13)40(65-45-37(33(49(10)11)21-25(2)61-45)60-20-16-19-50-42(54)31-17-14-15-18-32(31)43(50)55)27(4)36(63-34-23-46(8,58-12)39(53)30(7)62-34)28(5)44(56)64-41-29(6)48(41,57)38(52)26(3)35(24)51/h14-15,17-18,24-30,33-34,36-41,45,52-53,57H,16,19-23H2,1-13H3/t24-,25-,26+,27+,28-,29?,30+,33+,34+,36+,37-,38-,39+,40-,41-,45+,46-,47+,48+/m1/s1. The predicted octanol–water partition coefficient (Wildman–Crippen LogP) is 3.37. The number of methoxy groups -OCH3 is 2. The number of aliphatic hydroxyl groups is 3. The summed E-state index contributed by atoms with van der Waals surface area (Å²) < 4.78 is 51.8. The Kier molecular flexibility index (Phi) is 15.8. The number of fused-ring (bicyclic) bond motifs is 2. The quantitative estimate of drug-likeness (QED) is 0.156. The van der Waals surface area contributed by atoms with Gasteiger partial charge in [0.15, 0.2) is 12.6 Å². The van der Waals surface area contributed by atoms with Crippen LogP contribution >= 0.6 is 0 Å². The van der Waals surface area contributed by atoms with E-state index in [1.807, 2.05) is 39.8 Å². The Labute approximate surface area is 383 Å². The Morgan fingerprint density at radius 1 is 0.815 bits per heavy atom. The number of hydrogen-bond donors (Lipinski definition) is 3. The number of ketones is 1. The van der Waals surface area contributed by atoms with Crippen molar-refractivity contribution in [3.05, 3.63) is 35.4 Å². The molecule has 0 aromatic heterocycles. The Morgan fingerprint density at radius 2 is 1.43 bits per heavy atom. The van der Waals surface area contributed by atoms with Gasteiger partial charge < -0.3 is 58.1 Å². The van der Waals surface area contributed by atoms with Gasteiger partial charge in [0.2, 0.25) is 0 Å². The predicted molar refractivity (Wildman–Crippen MR) is 234 cm³/mol. The third-order valence-electron chi connectivity index (χ3n) is 15.3. The van der Waals surface area contributed by atoms with E-state index in [1.165, 1.54) is 19.1 Å². The molecule has 6 rings (SSSR count). The highest BCUT2D eigenvalue weighted by Crippen LogP contribution is 2.52. The largest absolute Gasteiger partial charge is 0.458 e. The van der Waals surface area contributed by atoms with Crippen LogP contribution in [0.2, 0.25) is 0 Å². The van der Waals surface area contributed by atoms with E-state index >= 15 is 0 Å². The third kappa shape index (κ3) is 9.85. The lowest BCUT2D eigenvalue weighted by atomic mass is 9.75. The van der Waals surface area contributed by atoms with Gasteiger partial charge in [-0.25, -0.2) is 0 Å². The smallest absolute Gasteiger partial charge is 0.311 e. The summed E-state index contributed by atoms with van der Waals surface area (Å²) in [4.78, 5) is 58.1. The third-order valence-corrected chi connectivity index (χ3v) is 15.3. The second-order valence-corrected chi connectivity index (χ2v) is 20.1. The molecular weight excluding hydrogens is 845 g/mol. The van der Waals surface area contributed by atoms with Crippen LogP contribution in [-0.2, 0) is 47.5 Å². The number of imide groups is 1. The van der Waals surface area contributed by atoms with Gasteiger partial charge in [-0.1, -0.05) is 39.8 Å². The van der Waals surface area contributed by atoms with E-state index in [4.69, 9.17) is 37.9 Å². The monoisotopic (exact) mass is 919 g/mol. The number of likely N-dealkylation sites (N-methyl/N-ethyl adjacent to an activating group) is 1. The molecule has 4 heterocycles. The number of carbonyl (C=O) groups is 4. The zero-order valence-electron chi connectivity index (χ0n) is 40.4. The molecule has 1 unspecified atom stereocenters. The molecule has 0 spiro atoms. The lowest BCUT2D eigenvalue weighted by Gasteiger charge is -2.50. The first kappa shape index (κ1) is 51.5. The van der Waals surface area contributed by atoms with Crippen LogP contribution in [0.3, 0.4) is 0 Å². The molecule has 5 aliphatic rings. The molecule has 0 bridgehead atoms. The summed E-state index contributed by atoms with van der Waals surface area (Å²) in [5.41, 5.74) is -3.46. The van der Waals surface area contributed by atoms with E-state index in [1.54, 1.807) is 65.8 Å². The van der Waals surface area contributed by atoms with Crippen molar-refractivity contribution in [2.75, 3.05) is 41.5 Å². The summed E-state index contributed by atoms with van der Waals surface area (Å²) >= 11 is 0. The van der Waals surface area contributed by atoms with Crippen molar-refractivity contribution in [2.24, 2.45) is 29.6 Å². The molecule has 1 aromatic carbocycles. The molecule has 3 N–H and O–H groups in total. The number of amides is 2. The van der Waals surface area contributed by atoms with Crippen molar-refractivity contribution in [1.29, 1.82) is 0 Å². The van der Waals surface area contributed by atoms with Crippen LogP contribution in [0.25, 0.3) is 0 Å². The Morgan fingerprint density at radius 3 is 2.02 bits per heavy atom. The molecule has 2 amide bonds. The summed E-state index contributed by atoms with van der Waals surface area (Å²) in [6.45, 7) is 16.0. The van der Waals surface area contributed by atoms with E-state index in [0.29, 0.717) is 24.0 Å². The van der Waals surface area contributed by atoms with Crippen molar-refractivity contribution in [2.45, 2.75) is 172 Å². The summed E-state index contributed by atoms with van der Waals surface area (Å²) in [5.74, 6) is -5.91. The van der Waals surface area contributed by atoms with Crippen LogP contribution in [0, 0.1) is 29.6 Å². The molecule has 0 radical (unpaired) electrons. The van der Waals surface area contributed by atoms with E-state index in [2.05, 4.69) is 0 Å². The number of Topliss-reactive ketones (excluding diaryl/α,β-unsaturated/α-hetero) is 1. The van der Waals surface area contributed by atoms with Crippen LogP contribution in [0.5, 0.6) is 0 Å². The number of rotatable bonds is 12. The maximum absolute atomic E-state index is 14.4. The number of aliphatic hydroxyl groups excluding tert-OH is 2. The molecule has 3 saturated heterocycles. The Hall–Kier alpha value is -2.94. The van der Waals surface area contributed by atoms with Crippen molar-refractivity contribution < 1.29 is 72.4 Å². The molecule has 1 aliphatic carbocycles. The van der Waals surface area contributed by atoms with E-state index in [9.17, 15) is 34.5 Å². The van der Waals surface area contributed by atoms with Crippen LogP contribution in [0.15, 0.2) is 24.3 Å². The number of ether oxygens (including phenoxy) is 8. The second kappa shape index (κ2) is 20.0. The first-order valence-electron chi connectivity index (χ1n) is 23.2. The van der Waals surface area contributed by atoms with Gasteiger partial charge in [-0.15, -0.1) is 0 Å². The minimum atomic E-state index is -1.84. The summed E-state index contributed by atoms with van der Waals surface area (Å²) in [5, 5.41) is 34.3. The van der Waals surface area contributed by atoms with E-state index < -0.39 is 108 Å². The molecule has 4 aliphatic heterocycles. The van der Waals surface area contributed by atoms with Crippen molar-refractivity contribution in [1.82, 2.24) is 9.80 Å². The van der Waals surface area contributed by atoms with Crippen LogP contribution in [0.1, 0.15) is 109 Å². The first-order chi connectivity index (χ1) is 30.4. The molecule has 1 saturated carbocycles. The van der Waals surface area contributed by atoms with Gasteiger partial charge >= 0.3 is 5.97 Å². The van der Waals surface area contributed by atoms with Gasteiger partial charge in [0.25, 0.3) is 11.8 Å². The highest BCUT2D eigenvalue weighted by atomic mass is 16.7. The topological polar surface area (TPSA) is 209 Å². The second-order valence-electron chi connectivity index (χ2n) is 20.1. The van der Waals surface area contributed by atoms with E-state index in [0.717, 1.165) is 0 Å². The average Bonchev–Trinajstić information content (AvgIpc) is 3.70. The minimum Gasteiger partial charge on any atom is -0.458 e. The van der Waals surface area contributed by atoms with Gasteiger partial charge in [0.05, 0.1) is 58.8 Å². The van der Waals surface area contributed by atoms with Crippen molar-refractivity contribution in [3.63, 3.8) is 0 Å². The number of carbonyl (C=O) groups excluding carboxylic acids is 4. The fourth-order valence-corrected chi connectivity index (χ4v) is 10.9. The highest BCUT2D eigenvalue weighted by molar-refractivity contribution is 6.21. The number of esters is 1. The summed E-state index contributed by atoms with van der Waals surface area (Å²) in [6.07, 6.45) is -8.24. The molecule has 366 valence electrons. The molecule has 1 aromatic rings. The lowest BCUT2D eigenvalue weighted by molar-refractivity contribution is -0.322. The van der Waals surface area contributed by atoms with Gasteiger partial charge in [0.1, 0.15) is 29.7 Å². The maximum atomic E-state index is 14.4. The Bertz CT molecular complexity index is 1850. The van der Waals surface area contributed by atoms with Gasteiger partial charge in [-0.2, -0.15) is 0 Å². The van der Waals surface area contributed by atoms with Gasteiger partial charge in [-0.05, 0) is 80.1 Å². The Balaban J connectivity index is 1.36. The fraction of sp³-hybridized carbons (Fsp3) is 0.792. The molecular formula is C48H74N2O15. The van der Waals surface area contributed by atoms with Crippen molar-refractivity contribution in [3.8, 4) is 0 Å². The number of nitrogens with zero attached hydrogens (tertiary/aromatic N) is 2. The summed E-state index contributed by atoms with van der Waals surface area (Å²) in [6, 6.07) is 6.53. The van der Waals surface area contributed by atoms with E-state index in [-0.39, 0.29) is 55.7 Å². The molecule has 19 atom stereocenters. The molecule has 17 nitrogen and oxygen atoms in total.